The average Bonchev–Trinajstić information content (AvgIpc) is 2.52. The molecule has 2 aromatic carbocycles. The van der Waals surface area contributed by atoms with Crippen LogP contribution in [0.25, 0.3) is 0 Å². The van der Waals surface area contributed by atoms with Gasteiger partial charge >= 0.3 is 0 Å². The van der Waals surface area contributed by atoms with Gasteiger partial charge in [-0.25, -0.2) is 0 Å². The van der Waals surface area contributed by atoms with Gasteiger partial charge in [0.25, 0.3) is 0 Å². The second-order valence-corrected chi connectivity index (χ2v) is 5.55. The molecule has 2 nitrogen and oxygen atoms in total. The second kappa shape index (κ2) is 7.16. The highest BCUT2D eigenvalue weighted by atomic mass is 16.5. The molecule has 0 aromatic heterocycles. The lowest BCUT2D eigenvalue weighted by Gasteiger charge is -2.18. The van der Waals surface area contributed by atoms with Crippen molar-refractivity contribution in [2.24, 2.45) is 0 Å². The van der Waals surface area contributed by atoms with E-state index in [1.165, 1.54) is 11.1 Å². The Balaban J connectivity index is 2.24. The maximum Gasteiger partial charge on any atom is 0.126 e. The molecular weight excluding hydrogens is 260 g/mol. The van der Waals surface area contributed by atoms with Gasteiger partial charge < -0.3 is 9.47 Å². The molecule has 0 aliphatic rings. The Morgan fingerprint density at radius 2 is 1.33 bits per heavy atom. The van der Waals surface area contributed by atoms with Gasteiger partial charge in [-0.2, -0.15) is 0 Å². The smallest absolute Gasteiger partial charge is 0.126 e. The van der Waals surface area contributed by atoms with Crippen LogP contribution in [0.5, 0.6) is 11.5 Å². The minimum absolute atomic E-state index is 0.373. The molecule has 0 radical (unpaired) electrons. The predicted molar refractivity (Wildman–Crippen MR) is 87.5 cm³/mol. The van der Waals surface area contributed by atoms with Crippen molar-refractivity contribution in [3.8, 4) is 11.5 Å². The van der Waals surface area contributed by atoms with Crippen LogP contribution in [0, 0.1) is 0 Å². The van der Waals surface area contributed by atoms with Crippen LogP contribution in [0.4, 0.5) is 0 Å². The number of hydrogen-bond donors (Lipinski definition) is 0. The quantitative estimate of drug-likeness (QED) is 0.771. The number of ether oxygens (including phenoxy) is 2. The van der Waals surface area contributed by atoms with Crippen molar-refractivity contribution < 1.29 is 9.47 Å². The molecule has 0 saturated heterocycles. The molecule has 0 spiro atoms. The molecule has 0 heterocycles. The summed E-state index contributed by atoms with van der Waals surface area (Å²) in [5.41, 5.74) is 3.74. The lowest BCUT2D eigenvalue weighted by Crippen LogP contribution is -2.01. The Bertz CT molecular complexity index is 548. The summed E-state index contributed by atoms with van der Waals surface area (Å²) in [6, 6.07) is 14.8. The van der Waals surface area contributed by atoms with Crippen molar-refractivity contribution in [2.45, 2.75) is 32.6 Å². The molecule has 0 aliphatic heterocycles. The lowest BCUT2D eigenvalue weighted by molar-refractivity contribution is 0.381. The van der Waals surface area contributed by atoms with E-state index in [2.05, 4.69) is 50.2 Å². The molecule has 21 heavy (non-hydrogen) atoms. The largest absolute Gasteiger partial charge is 0.496 e. The van der Waals surface area contributed by atoms with E-state index in [1.54, 1.807) is 14.2 Å². The van der Waals surface area contributed by atoms with Crippen molar-refractivity contribution in [1.29, 1.82) is 0 Å². The Kier molecular flexibility index (Phi) is 5.26. The van der Waals surface area contributed by atoms with Crippen LogP contribution in [0.1, 0.15) is 36.5 Å². The van der Waals surface area contributed by atoms with Crippen LogP contribution < -0.4 is 9.47 Å². The normalized spacial score (nSPS) is 10.7. The van der Waals surface area contributed by atoms with E-state index in [1.807, 2.05) is 6.07 Å². The number of hydrogen-bond acceptors (Lipinski definition) is 2. The third kappa shape index (κ3) is 3.78. The highest BCUT2D eigenvalue weighted by molar-refractivity contribution is 5.50. The van der Waals surface area contributed by atoms with Crippen LogP contribution in [0.15, 0.2) is 42.5 Å². The van der Waals surface area contributed by atoms with Crippen molar-refractivity contribution >= 4 is 0 Å². The Morgan fingerprint density at radius 3 is 1.81 bits per heavy atom. The molecule has 0 aliphatic carbocycles. The van der Waals surface area contributed by atoms with E-state index < -0.39 is 0 Å². The van der Waals surface area contributed by atoms with Gasteiger partial charge in [0.15, 0.2) is 0 Å². The molecule has 2 heteroatoms. The van der Waals surface area contributed by atoms with E-state index in [4.69, 9.17) is 9.47 Å². The van der Waals surface area contributed by atoms with Gasteiger partial charge in [-0.05, 0) is 42.0 Å². The fourth-order valence-corrected chi connectivity index (χ4v) is 2.64. The van der Waals surface area contributed by atoms with Gasteiger partial charge in [0, 0.05) is 5.56 Å². The average molecular weight is 284 g/mol. The molecule has 0 saturated carbocycles. The summed E-state index contributed by atoms with van der Waals surface area (Å²) in [6.07, 6.45) is 2.00. The van der Waals surface area contributed by atoms with Gasteiger partial charge in [-0.3, -0.25) is 0 Å². The molecule has 2 aromatic rings. The SMILES string of the molecule is COc1cc(CCc2ccccc2)cc(OC)c1C(C)C. The van der Waals surface area contributed by atoms with Crippen LogP contribution in [-0.4, -0.2) is 14.2 Å². The maximum atomic E-state index is 5.56. The molecule has 112 valence electrons. The summed E-state index contributed by atoms with van der Waals surface area (Å²) in [6.45, 7) is 4.31. The number of methoxy groups -OCH3 is 2. The predicted octanol–water partition coefficient (Wildman–Crippen LogP) is 4.61. The van der Waals surface area contributed by atoms with Crippen LogP contribution in [-0.2, 0) is 12.8 Å². The Hall–Kier alpha value is -1.96. The molecule has 0 fully saturated rings. The lowest BCUT2D eigenvalue weighted by atomic mass is 9.96. The van der Waals surface area contributed by atoms with E-state index >= 15 is 0 Å². The van der Waals surface area contributed by atoms with E-state index in [-0.39, 0.29) is 0 Å². The summed E-state index contributed by atoms with van der Waals surface area (Å²) in [5, 5.41) is 0. The number of rotatable bonds is 6. The topological polar surface area (TPSA) is 18.5 Å². The first-order chi connectivity index (χ1) is 10.2. The molecule has 0 atom stereocenters. The van der Waals surface area contributed by atoms with Gasteiger partial charge in [0.05, 0.1) is 14.2 Å². The van der Waals surface area contributed by atoms with Crippen molar-refractivity contribution in [3.05, 3.63) is 59.2 Å². The van der Waals surface area contributed by atoms with Gasteiger partial charge in [-0.1, -0.05) is 44.2 Å². The molecule has 2 rings (SSSR count). The van der Waals surface area contributed by atoms with Crippen LogP contribution in [0.2, 0.25) is 0 Å². The first kappa shape index (κ1) is 15.4. The molecule has 0 amide bonds. The first-order valence-electron chi connectivity index (χ1n) is 7.44. The molecule has 0 N–H and O–H groups in total. The minimum atomic E-state index is 0.373. The summed E-state index contributed by atoms with van der Waals surface area (Å²) >= 11 is 0. The Morgan fingerprint density at radius 1 is 0.810 bits per heavy atom. The third-order valence-electron chi connectivity index (χ3n) is 3.73. The van der Waals surface area contributed by atoms with Gasteiger partial charge in [0.1, 0.15) is 11.5 Å². The highest BCUT2D eigenvalue weighted by Crippen LogP contribution is 2.36. The van der Waals surface area contributed by atoms with Crippen LogP contribution >= 0.6 is 0 Å². The van der Waals surface area contributed by atoms with Crippen molar-refractivity contribution in [3.63, 3.8) is 0 Å². The van der Waals surface area contributed by atoms with E-state index in [0.29, 0.717) is 5.92 Å². The summed E-state index contributed by atoms with van der Waals surface area (Å²) in [7, 11) is 3.45. The Labute approximate surface area is 127 Å². The van der Waals surface area contributed by atoms with Crippen molar-refractivity contribution in [1.82, 2.24) is 0 Å². The first-order valence-corrected chi connectivity index (χ1v) is 7.44. The molecule has 0 unspecified atom stereocenters. The molecular formula is C19H24O2. The zero-order valence-electron chi connectivity index (χ0n) is 13.3. The van der Waals surface area contributed by atoms with Gasteiger partial charge in [-0.15, -0.1) is 0 Å². The van der Waals surface area contributed by atoms with Crippen LogP contribution in [0.3, 0.4) is 0 Å². The zero-order chi connectivity index (χ0) is 15.2. The fourth-order valence-electron chi connectivity index (χ4n) is 2.64. The monoisotopic (exact) mass is 284 g/mol. The van der Waals surface area contributed by atoms with E-state index in [0.717, 1.165) is 29.9 Å². The standard InChI is InChI=1S/C19H24O2/c1-14(2)19-17(20-3)12-16(13-18(19)21-4)11-10-15-8-6-5-7-9-15/h5-9,12-14H,10-11H2,1-4H3. The summed E-state index contributed by atoms with van der Waals surface area (Å²) in [4.78, 5) is 0. The van der Waals surface area contributed by atoms with E-state index in [9.17, 15) is 0 Å². The number of aryl methyl sites for hydroxylation is 2. The fraction of sp³-hybridized carbons (Fsp3) is 0.368. The van der Waals surface area contributed by atoms with Gasteiger partial charge in [0.2, 0.25) is 0 Å². The second-order valence-electron chi connectivity index (χ2n) is 5.55. The minimum Gasteiger partial charge on any atom is -0.496 e. The third-order valence-corrected chi connectivity index (χ3v) is 3.73. The highest BCUT2D eigenvalue weighted by Gasteiger charge is 2.15. The summed E-state index contributed by atoms with van der Waals surface area (Å²) < 4.78 is 11.1. The van der Waals surface area contributed by atoms with Crippen molar-refractivity contribution in [2.75, 3.05) is 14.2 Å². The number of benzene rings is 2. The zero-order valence-corrected chi connectivity index (χ0v) is 13.3. The maximum absolute atomic E-state index is 5.56. The molecule has 0 bridgehead atoms. The summed E-state index contributed by atoms with van der Waals surface area (Å²) in [5.74, 6) is 2.22.